The normalized spacial score (nSPS) is 10.9. The summed E-state index contributed by atoms with van der Waals surface area (Å²) >= 11 is 0. The molecule has 0 fully saturated rings. The Labute approximate surface area is 90.4 Å². The molecule has 3 N–H and O–H groups in total. The van der Waals surface area contributed by atoms with Gasteiger partial charge in [0.2, 0.25) is 0 Å². The summed E-state index contributed by atoms with van der Waals surface area (Å²) in [5.74, 6) is -5.74. The number of amides is 2. The molecule has 0 bridgehead atoms. The first-order valence-corrected chi connectivity index (χ1v) is 4.44. The third-order valence-corrected chi connectivity index (χ3v) is 1.89. The average molecular weight is 228 g/mol. The SMILES string of the molecule is NC(=O)C(=O)NCC(F)(F)c1ccccc1. The van der Waals surface area contributed by atoms with E-state index in [2.05, 4.69) is 5.73 Å². The number of rotatable bonds is 3. The fraction of sp³-hybridized carbons (Fsp3) is 0.200. The average Bonchev–Trinajstić information content (AvgIpc) is 2.27. The highest BCUT2D eigenvalue weighted by molar-refractivity contribution is 6.34. The molecule has 0 aromatic heterocycles. The van der Waals surface area contributed by atoms with Crippen LogP contribution in [0.25, 0.3) is 0 Å². The molecule has 1 aromatic carbocycles. The highest BCUT2D eigenvalue weighted by Gasteiger charge is 2.32. The van der Waals surface area contributed by atoms with Crippen molar-refractivity contribution < 1.29 is 18.4 Å². The second-order valence-electron chi connectivity index (χ2n) is 3.12. The number of halogens is 2. The summed E-state index contributed by atoms with van der Waals surface area (Å²) in [6.45, 7) is -0.960. The van der Waals surface area contributed by atoms with E-state index in [-0.39, 0.29) is 5.56 Å². The lowest BCUT2D eigenvalue weighted by atomic mass is 10.1. The Hall–Kier alpha value is -1.98. The molecule has 6 heteroatoms. The number of alkyl halides is 2. The fourth-order valence-electron chi connectivity index (χ4n) is 1.06. The van der Waals surface area contributed by atoms with Crippen molar-refractivity contribution in [3.05, 3.63) is 35.9 Å². The monoisotopic (exact) mass is 228 g/mol. The molecule has 0 saturated heterocycles. The molecule has 4 nitrogen and oxygen atoms in total. The first-order chi connectivity index (χ1) is 7.43. The zero-order valence-corrected chi connectivity index (χ0v) is 8.24. The van der Waals surface area contributed by atoms with E-state index in [0.717, 1.165) is 0 Å². The van der Waals surface area contributed by atoms with Crippen LogP contribution in [-0.4, -0.2) is 18.4 Å². The third kappa shape index (κ3) is 3.01. The Bertz CT molecular complexity index is 393. The van der Waals surface area contributed by atoms with Gasteiger partial charge in [0.15, 0.2) is 0 Å². The van der Waals surface area contributed by atoms with Gasteiger partial charge in [-0.15, -0.1) is 0 Å². The van der Waals surface area contributed by atoms with Gasteiger partial charge < -0.3 is 11.1 Å². The maximum Gasteiger partial charge on any atom is 0.309 e. The Balaban J connectivity index is 2.66. The fourth-order valence-corrected chi connectivity index (χ4v) is 1.06. The number of carbonyl (C=O) groups is 2. The van der Waals surface area contributed by atoms with Crippen molar-refractivity contribution in [2.24, 2.45) is 5.73 Å². The summed E-state index contributed by atoms with van der Waals surface area (Å²) in [5.41, 5.74) is 4.37. The van der Waals surface area contributed by atoms with Crippen molar-refractivity contribution in [1.29, 1.82) is 0 Å². The summed E-state index contributed by atoms with van der Waals surface area (Å²) in [6, 6.07) is 6.98. The van der Waals surface area contributed by atoms with Gasteiger partial charge in [0.05, 0.1) is 6.54 Å². The lowest BCUT2D eigenvalue weighted by Crippen LogP contribution is -2.41. The molecule has 0 radical (unpaired) electrons. The van der Waals surface area contributed by atoms with Crippen LogP contribution >= 0.6 is 0 Å². The van der Waals surface area contributed by atoms with Crippen LogP contribution in [0.15, 0.2) is 30.3 Å². The van der Waals surface area contributed by atoms with Gasteiger partial charge >= 0.3 is 11.8 Å². The quantitative estimate of drug-likeness (QED) is 0.734. The highest BCUT2D eigenvalue weighted by atomic mass is 19.3. The van der Waals surface area contributed by atoms with Crippen LogP contribution in [0.4, 0.5) is 8.78 Å². The summed E-state index contributed by atoms with van der Waals surface area (Å²) in [7, 11) is 0. The number of primary amides is 1. The van der Waals surface area contributed by atoms with E-state index in [0.29, 0.717) is 0 Å². The van der Waals surface area contributed by atoms with Crippen LogP contribution in [0.2, 0.25) is 0 Å². The first-order valence-electron chi connectivity index (χ1n) is 4.44. The van der Waals surface area contributed by atoms with Crippen LogP contribution in [0.3, 0.4) is 0 Å². The number of benzene rings is 1. The molecule has 16 heavy (non-hydrogen) atoms. The van der Waals surface area contributed by atoms with Gasteiger partial charge in [0.1, 0.15) is 0 Å². The third-order valence-electron chi connectivity index (χ3n) is 1.89. The van der Waals surface area contributed by atoms with Gasteiger partial charge in [0, 0.05) is 5.56 Å². The standard InChI is InChI=1S/C10H10F2N2O2/c11-10(12,6-14-9(16)8(13)15)7-4-2-1-3-5-7/h1-5H,6H2,(H2,13,15)(H,14,16). The first kappa shape index (κ1) is 12.1. The van der Waals surface area contributed by atoms with Gasteiger partial charge in [-0.2, -0.15) is 8.78 Å². The minimum absolute atomic E-state index is 0.236. The molecule has 86 valence electrons. The van der Waals surface area contributed by atoms with Crippen molar-refractivity contribution in [1.82, 2.24) is 5.32 Å². The van der Waals surface area contributed by atoms with E-state index in [1.165, 1.54) is 24.3 Å². The number of carbonyl (C=O) groups excluding carboxylic acids is 2. The molecule has 0 heterocycles. The molecular formula is C10H10F2N2O2. The van der Waals surface area contributed by atoms with Crippen LogP contribution in [0, 0.1) is 0 Å². The number of nitrogens with one attached hydrogen (secondary N) is 1. The number of hydrogen-bond donors (Lipinski definition) is 2. The smallest absolute Gasteiger partial charge is 0.309 e. The van der Waals surface area contributed by atoms with Crippen molar-refractivity contribution >= 4 is 11.8 Å². The predicted octanol–water partition coefficient (Wildman–Crippen LogP) is 0.380. The second-order valence-corrected chi connectivity index (χ2v) is 3.12. The Morgan fingerprint density at radius 1 is 1.25 bits per heavy atom. The maximum absolute atomic E-state index is 13.4. The molecule has 0 spiro atoms. The van der Waals surface area contributed by atoms with E-state index >= 15 is 0 Å². The van der Waals surface area contributed by atoms with Crippen molar-refractivity contribution in [3.63, 3.8) is 0 Å². The number of nitrogens with two attached hydrogens (primary N) is 1. The topological polar surface area (TPSA) is 72.2 Å². The summed E-state index contributed by atoms with van der Waals surface area (Å²) in [6.07, 6.45) is 0. The Morgan fingerprint density at radius 3 is 2.31 bits per heavy atom. The van der Waals surface area contributed by atoms with Gasteiger partial charge in [-0.1, -0.05) is 30.3 Å². The van der Waals surface area contributed by atoms with Crippen LogP contribution in [-0.2, 0) is 15.5 Å². The predicted molar refractivity (Wildman–Crippen MR) is 52.5 cm³/mol. The Kier molecular flexibility index (Phi) is 3.55. The molecule has 2 amide bonds. The van der Waals surface area contributed by atoms with Crippen LogP contribution in [0.5, 0.6) is 0 Å². The van der Waals surface area contributed by atoms with Gasteiger partial charge in [-0.05, 0) is 0 Å². The van der Waals surface area contributed by atoms with Gasteiger partial charge in [-0.25, -0.2) is 0 Å². The van der Waals surface area contributed by atoms with Gasteiger partial charge in [0.25, 0.3) is 5.92 Å². The summed E-state index contributed by atoms with van der Waals surface area (Å²) in [4.78, 5) is 21.0. The van der Waals surface area contributed by atoms with Crippen molar-refractivity contribution in [2.75, 3.05) is 6.54 Å². The van der Waals surface area contributed by atoms with E-state index in [1.54, 1.807) is 11.4 Å². The molecule has 0 atom stereocenters. The molecular weight excluding hydrogens is 218 g/mol. The van der Waals surface area contributed by atoms with E-state index in [4.69, 9.17) is 0 Å². The summed E-state index contributed by atoms with van der Waals surface area (Å²) in [5, 5.41) is 1.76. The zero-order valence-electron chi connectivity index (χ0n) is 8.24. The lowest BCUT2D eigenvalue weighted by Gasteiger charge is -2.16. The minimum atomic E-state index is -3.23. The van der Waals surface area contributed by atoms with E-state index < -0.39 is 24.3 Å². The molecule has 0 unspecified atom stereocenters. The molecule has 0 aliphatic heterocycles. The second kappa shape index (κ2) is 4.69. The molecule has 0 saturated carbocycles. The highest BCUT2D eigenvalue weighted by Crippen LogP contribution is 2.26. The van der Waals surface area contributed by atoms with Gasteiger partial charge in [-0.3, -0.25) is 9.59 Å². The van der Waals surface area contributed by atoms with Crippen molar-refractivity contribution in [2.45, 2.75) is 5.92 Å². The van der Waals surface area contributed by atoms with Crippen LogP contribution in [0.1, 0.15) is 5.56 Å². The largest absolute Gasteiger partial charge is 0.361 e. The molecule has 1 rings (SSSR count). The number of hydrogen-bond acceptors (Lipinski definition) is 2. The molecule has 1 aromatic rings. The zero-order chi connectivity index (χ0) is 12.2. The lowest BCUT2D eigenvalue weighted by molar-refractivity contribution is -0.138. The van der Waals surface area contributed by atoms with E-state index in [1.807, 2.05) is 0 Å². The Morgan fingerprint density at radius 2 is 1.81 bits per heavy atom. The summed E-state index contributed by atoms with van der Waals surface area (Å²) < 4.78 is 26.8. The minimum Gasteiger partial charge on any atom is -0.361 e. The molecule has 0 aliphatic rings. The molecule has 0 aliphatic carbocycles. The van der Waals surface area contributed by atoms with Crippen molar-refractivity contribution in [3.8, 4) is 0 Å². The van der Waals surface area contributed by atoms with E-state index in [9.17, 15) is 18.4 Å². The van der Waals surface area contributed by atoms with Crippen LogP contribution < -0.4 is 11.1 Å². The maximum atomic E-state index is 13.4.